The number of rotatable bonds is 7. The van der Waals surface area contributed by atoms with Crippen molar-refractivity contribution in [3.05, 3.63) is 39.4 Å². The van der Waals surface area contributed by atoms with Crippen molar-refractivity contribution >= 4 is 35.2 Å². The lowest BCUT2D eigenvalue weighted by Crippen LogP contribution is -2.34. The van der Waals surface area contributed by atoms with Gasteiger partial charge in [-0.25, -0.2) is 0 Å². The summed E-state index contributed by atoms with van der Waals surface area (Å²) >= 11 is 7.36. The first kappa shape index (κ1) is 21.5. The highest BCUT2D eigenvalue weighted by Crippen LogP contribution is 2.38. The van der Waals surface area contributed by atoms with Crippen LogP contribution in [0.4, 0.5) is 0 Å². The molecule has 2 aliphatic heterocycles. The van der Waals surface area contributed by atoms with E-state index in [1.807, 2.05) is 0 Å². The topological polar surface area (TPSA) is 100 Å². The standard InChI is InChI=1S/C20H22ClN3O4S/c1-27-17-5-4-12(7-16(17)21)14-8-18(25)24-20(15(14)9-22)29-11-19(26)23-10-13-3-2-6-28-13/h4-5,7,13-14H,2-3,6,8,10-11H2,1H3,(H,23,26)(H,24,25)/t13-,14-/m0/s1. The highest BCUT2D eigenvalue weighted by Gasteiger charge is 2.30. The number of ether oxygens (including phenoxy) is 2. The SMILES string of the molecule is COc1ccc([C@@H]2CC(=O)NC(SCC(=O)NC[C@@H]3CCCO3)=C2C#N)cc1Cl. The predicted molar refractivity (Wildman–Crippen MR) is 111 cm³/mol. The van der Waals surface area contributed by atoms with Crippen LogP contribution in [-0.2, 0) is 14.3 Å². The number of nitrogens with zero attached hydrogens (tertiary/aromatic N) is 1. The molecule has 1 aromatic rings. The maximum absolute atomic E-state index is 12.2. The third kappa shape index (κ3) is 5.44. The van der Waals surface area contributed by atoms with Gasteiger partial charge in [0.2, 0.25) is 11.8 Å². The van der Waals surface area contributed by atoms with Crippen molar-refractivity contribution in [1.82, 2.24) is 10.6 Å². The Morgan fingerprint density at radius 3 is 3.00 bits per heavy atom. The molecule has 2 amide bonds. The fourth-order valence-electron chi connectivity index (χ4n) is 3.34. The fraction of sp³-hybridized carbons (Fsp3) is 0.450. The molecule has 0 spiro atoms. The zero-order valence-electron chi connectivity index (χ0n) is 16.0. The van der Waals surface area contributed by atoms with Gasteiger partial charge in [0.1, 0.15) is 5.75 Å². The van der Waals surface area contributed by atoms with Crippen LogP contribution in [0, 0.1) is 11.3 Å². The molecule has 0 bridgehead atoms. The van der Waals surface area contributed by atoms with Crippen molar-refractivity contribution in [2.75, 3.05) is 26.0 Å². The van der Waals surface area contributed by atoms with Crippen LogP contribution in [0.1, 0.15) is 30.7 Å². The number of hydrogen-bond donors (Lipinski definition) is 2. The number of benzene rings is 1. The van der Waals surface area contributed by atoms with E-state index >= 15 is 0 Å². The van der Waals surface area contributed by atoms with Crippen molar-refractivity contribution in [2.45, 2.75) is 31.3 Å². The second kappa shape index (κ2) is 10.0. The quantitative estimate of drug-likeness (QED) is 0.683. The van der Waals surface area contributed by atoms with Gasteiger partial charge in [-0.15, -0.1) is 0 Å². The van der Waals surface area contributed by atoms with E-state index < -0.39 is 5.92 Å². The van der Waals surface area contributed by atoms with Crippen LogP contribution in [0.25, 0.3) is 0 Å². The van der Waals surface area contributed by atoms with Crippen LogP contribution in [0.2, 0.25) is 5.02 Å². The predicted octanol–water partition coefficient (Wildman–Crippen LogP) is 2.72. The Kier molecular flexibility index (Phi) is 7.42. The average molecular weight is 436 g/mol. The molecule has 2 heterocycles. The minimum absolute atomic E-state index is 0.0661. The molecule has 154 valence electrons. The highest BCUT2D eigenvalue weighted by molar-refractivity contribution is 8.03. The molecule has 2 N–H and O–H groups in total. The third-order valence-corrected chi connectivity index (χ3v) is 6.15. The van der Waals surface area contributed by atoms with Gasteiger partial charge >= 0.3 is 0 Å². The maximum Gasteiger partial charge on any atom is 0.230 e. The number of carbonyl (C=O) groups is 2. The van der Waals surface area contributed by atoms with Gasteiger partial charge in [-0.2, -0.15) is 5.26 Å². The minimum Gasteiger partial charge on any atom is -0.495 e. The Morgan fingerprint density at radius 2 is 2.34 bits per heavy atom. The molecule has 0 radical (unpaired) electrons. The summed E-state index contributed by atoms with van der Waals surface area (Å²) in [7, 11) is 1.52. The average Bonchev–Trinajstić information content (AvgIpc) is 3.23. The molecule has 9 heteroatoms. The van der Waals surface area contributed by atoms with E-state index in [0.717, 1.165) is 36.8 Å². The molecule has 3 rings (SSSR count). The van der Waals surface area contributed by atoms with Gasteiger partial charge < -0.3 is 20.1 Å². The zero-order chi connectivity index (χ0) is 20.8. The summed E-state index contributed by atoms with van der Waals surface area (Å²) in [4.78, 5) is 24.4. The lowest BCUT2D eigenvalue weighted by molar-refractivity contribution is -0.121. The Morgan fingerprint density at radius 1 is 1.52 bits per heavy atom. The van der Waals surface area contributed by atoms with Crippen LogP contribution < -0.4 is 15.4 Å². The van der Waals surface area contributed by atoms with E-state index in [4.69, 9.17) is 21.1 Å². The molecule has 0 aliphatic carbocycles. The van der Waals surface area contributed by atoms with Gasteiger partial charge in [0.15, 0.2) is 0 Å². The molecule has 2 atom stereocenters. The van der Waals surface area contributed by atoms with Crippen molar-refractivity contribution in [3.63, 3.8) is 0 Å². The number of methoxy groups -OCH3 is 1. The van der Waals surface area contributed by atoms with E-state index in [1.54, 1.807) is 18.2 Å². The summed E-state index contributed by atoms with van der Waals surface area (Å²) in [5, 5.41) is 16.1. The van der Waals surface area contributed by atoms with Gasteiger partial charge in [0.25, 0.3) is 0 Å². The highest BCUT2D eigenvalue weighted by atomic mass is 35.5. The minimum atomic E-state index is -0.422. The van der Waals surface area contributed by atoms with Gasteiger partial charge in [-0.1, -0.05) is 29.4 Å². The normalized spacial score (nSPS) is 21.5. The number of nitrogens with one attached hydrogen (secondary N) is 2. The molecule has 29 heavy (non-hydrogen) atoms. The molecular weight excluding hydrogens is 414 g/mol. The van der Waals surface area contributed by atoms with Crippen molar-refractivity contribution in [3.8, 4) is 11.8 Å². The molecule has 1 aromatic carbocycles. The van der Waals surface area contributed by atoms with Gasteiger partial charge in [0, 0.05) is 25.5 Å². The lowest BCUT2D eigenvalue weighted by Gasteiger charge is -2.25. The Bertz CT molecular complexity index is 862. The van der Waals surface area contributed by atoms with Crippen LogP contribution in [0.15, 0.2) is 28.8 Å². The summed E-state index contributed by atoms with van der Waals surface area (Å²) in [6, 6.07) is 7.40. The number of hydrogen-bond acceptors (Lipinski definition) is 6. The van der Waals surface area contributed by atoms with E-state index in [1.165, 1.54) is 7.11 Å². The number of allylic oxidation sites excluding steroid dienone is 1. The first-order valence-electron chi connectivity index (χ1n) is 9.30. The number of amides is 2. The Hall–Kier alpha value is -2.21. The monoisotopic (exact) mass is 435 g/mol. The van der Waals surface area contributed by atoms with Gasteiger partial charge in [-0.05, 0) is 30.5 Å². The van der Waals surface area contributed by atoms with Crippen LogP contribution in [-0.4, -0.2) is 43.9 Å². The Balaban J connectivity index is 1.70. The number of carbonyl (C=O) groups excluding carboxylic acids is 2. The number of nitriles is 1. The number of halogens is 1. The lowest BCUT2D eigenvalue weighted by atomic mass is 9.87. The maximum atomic E-state index is 12.2. The molecule has 0 unspecified atom stereocenters. The van der Waals surface area contributed by atoms with E-state index in [9.17, 15) is 14.9 Å². The summed E-state index contributed by atoms with van der Waals surface area (Å²) in [5.41, 5.74) is 1.17. The summed E-state index contributed by atoms with van der Waals surface area (Å²) < 4.78 is 10.6. The molecule has 2 aliphatic rings. The van der Waals surface area contributed by atoms with Gasteiger partial charge in [0.05, 0.1) is 40.7 Å². The second-order valence-electron chi connectivity index (χ2n) is 6.78. The van der Waals surface area contributed by atoms with Crippen molar-refractivity contribution in [1.29, 1.82) is 5.26 Å². The fourth-order valence-corrected chi connectivity index (χ4v) is 4.51. The summed E-state index contributed by atoms with van der Waals surface area (Å²) in [6.07, 6.45) is 2.16. The van der Waals surface area contributed by atoms with Crippen LogP contribution >= 0.6 is 23.4 Å². The second-order valence-corrected chi connectivity index (χ2v) is 8.17. The molecular formula is C20H22ClN3O4S. The number of thioether (sulfide) groups is 1. The summed E-state index contributed by atoms with van der Waals surface area (Å²) in [6.45, 7) is 1.21. The molecule has 0 aromatic heterocycles. The van der Waals surface area contributed by atoms with Crippen molar-refractivity contribution < 1.29 is 19.1 Å². The van der Waals surface area contributed by atoms with E-state index in [2.05, 4.69) is 16.7 Å². The van der Waals surface area contributed by atoms with E-state index in [0.29, 0.717) is 27.9 Å². The summed E-state index contributed by atoms with van der Waals surface area (Å²) in [5.74, 6) is -0.170. The van der Waals surface area contributed by atoms with E-state index in [-0.39, 0.29) is 30.1 Å². The molecule has 0 saturated carbocycles. The van der Waals surface area contributed by atoms with Crippen LogP contribution in [0.5, 0.6) is 5.75 Å². The molecule has 7 nitrogen and oxygen atoms in total. The van der Waals surface area contributed by atoms with Crippen LogP contribution in [0.3, 0.4) is 0 Å². The first-order valence-corrected chi connectivity index (χ1v) is 10.7. The zero-order valence-corrected chi connectivity index (χ0v) is 17.6. The molecule has 1 saturated heterocycles. The first-order chi connectivity index (χ1) is 14.0. The third-order valence-electron chi connectivity index (χ3n) is 4.83. The Labute approximate surface area is 178 Å². The largest absolute Gasteiger partial charge is 0.495 e. The van der Waals surface area contributed by atoms with Crippen molar-refractivity contribution in [2.24, 2.45) is 0 Å². The van der Waals surface area contributed by atoms with Gasteiger partial charge in [-0.3, -0.25) is 9.59 Å². The molecule has 1 fully saturated rings. The smallest absolute Gasteiger partial charge is 0.230 e.